The Morgan fingerprint density at radius 2 is 2.24 bits per heavy atom. The molecule has 0 fully saturated rings. The summed E-state index contributed by atoms with van der Waals surface area (Å²) in [5, 5.41) is 7.28. The third-order valence-electron chi connectivity index (χ3n) is 2.86. The molecule has 0 saturated heterocycles. The first-order valence-electron chi connectivity index (χ1n) is 5.79. The number of carbonyl (C=O) groups is 1. The van der Waals surface area contributed by atoms with E-state index in [4.69, 9.17) is 0 Å². The van der Waals surface area contributed by atoms with Gasteiger partial charge >= 0.3 is 0 Å². The Labute approximate surface area is 111 Å². The Kier molecular flexibility index (Phi) is 4.36. The van der Waals surface area contributed by atoms with Crippen molar-refractivity contribution in [2.75, 3.05) is 0 Å². The number of aromatic nitrogens is 2. The van der Waals surface area contributed by atoms with Crippen molar-refractivity contribution in [3.8, 4) is 0 Å². The fraction of sp³-hybridized carbons (Fsp3) is 0.667. The van der Waals surface area contributed by atoms with Gasteiger partial charge in [-0.15, -0.1) is 0 Å². The third kappa shape index (κ3) is 3.31. The standard InChI is InChI=1S/C12H20BrN3O/c1-6-16-10(7-8(2)15-16)11(17)14-12(4,5)9(3)13/h7,9H,6H2,1-5H3,(H,14,17). The van der Waals surface area contributed by atoms with Gasteiger partial charge in [0, 0.05) is 16.9 Å². The van der Waals surface area contributed by atoms with Crippen molar-refractivity contribution in [2.45, 2.75) is 51.5 Å². The molecule has 1 heterocycles. The number of aryl methyl sites for hydroxylation is 2. The van der Waals surface area contributed by atoms with Crippen LogP contribution in [0.2, 0.25) is 0 Å². The molecule has 1 unspecified atom stereocenters. The van der Waals surface area contributed by atoms with Crippen LogP contribution in [-0.4, -0.2) is 26.1 Å². The molecule has 1 aromatic rings. The average Bonchev–Trinajstić information content (AvgIpc) is 2.58. The summed E-state index contributed by atoms with van der Waals surface area (Å²) in [5.41, 5.74) is 1.18. The summed E-state index contributed by atoms with van der Waals surface area (Å²) < 4.78 is 1.72. The zero-order valence-corrected chi connectivity index (χ0v) is 12.6. The molecule has 0 aliphatic heterocycles. The number of hydrogen-bond acceptors (Lipinski definition) is 2. The van der Waals surface area contributed by atoms with E-state index in [2.05, 4.69) is 26.3 Å². The van der Waals surface area contributed by atoms with Gasteiger partial charge in [-0.3, -0.25) is 9.48 Å². The molecule has 0 aromatic carbocycles. The zero-order chi connectivity index (χ0) is 13.2. The van der Waals surface area contributed by atoms with Crippen LogP contribution in [0.3, 0.4) is 0 Å². The second-order valence-corrected chi connectivity index (χ2v) is 6.15. The van der Waals surface area contributed by atoms with Crippen molar-refractivity contribution in [1.29, 1.82) is 0 Å². The molecule has 1 amide bonds. The zero-order valence-electron chi connectivity index (χ0n) is 11.0. The minimum atomic E-state index is -0.298. The molecular weight excluding hydrogens is 282 g/mol. The van der Waals surface area contributed by atoms with Crippen molar-refractivity contribution >= 4 is 21.8 Å². The van der Waals surface area contributed by atoms with Crippen LogP contribution in [0, 0.1) is 6.92 Å². The molecule has 17 heavy (non-hydrogen) atoms. The maximum absolute atomic E-state index is 12.2. The number of halogens is 1. The van der Waals surface area contributed by atoms with Crippen LogP contribution in [0.4, 0.5) is 0 Å². The van der Waals surface area contributed by atoms with Crippen LogP contribution >= 0.6 is 15.9 Å². The number of carbonyl (C=O) groups excluding carboxylic acids is 1. The molecule has 0 radical (unpaired) electrons. The van der Waals surface area contributed by atoms with E-state index < -0.39 is 0 Å². The van der Waals surface area contributed by atoms with E-state index in [0.29, 0.717) is 12.2 Å². The SMILES string of the molecule is CCn1nc(C)cc1C(=O)NC(C)(C)C(C)Br. The van der Waals surface area contributed by atoms with Gasteiger partial charge in [0.1, 0.15) is 5.69 Å². The largest absolute Gasteiger partial charge is 0.345 e. The van der Waals surface area contributed by atoms with Crippen LogP contribution in [0.15, 0.2) is 6.07 Å². The van der Waals surface area contributed by atoms with Gasteiger partial charge in [-0.1, -0.05) is 22.9 Å². The summed E-state index contributed by atoms with van der Waals surface area (Å²) in [5.74, 6) is -0.0799. The second kappa shape index (κ2) is 5.21. The van der Waals surface area contributed by atoms with Crippen molar-refractivity contribution in [2.24, 2.45) is 0 Å². The van der Waals surface area contributed by atoms with Gasteiger partial charge in [-0.25, -0.2) is 0 Å². The third-order valence-corrected chi connectivity index (χ3v) is 4.01. The van der Waals surface area contributed by atoms with Gasteiger partial charge < -0.3 is 5.32 Å². The highest BCUT2D eigenvalue weighted by Gasteiger charge is 2.27. The van der Waals surface area contributed by atoms with Crippen LogP contribution < -0.4 is 5.32 Å². The van der Waals surface area contributed by atoms with E-state index >= 15 is 0 Å². The van der Waals surface area contributed by atoms with Gasteiger partial charge in [0.2, 0.25) is 0 Å². The van der Waals surface area contributed by atoms with E-state index in [1.165, 1.54) is 0 Å². The molecule has 5 heteroatoms. The molecule has 1 aromatic heterocycles. The van der Waals surface area contributed by atoms with Crippen LogP contribution in [0.5, 0.6) is 0 Å². The Hall–Kier alpha value is -0.840. The van der Waals surface area contributed by atoms with Gasteiger partial charge in [-0.2, -0.15) is 5.10 Å². The first-order chi connectivity index (χ1) is 7.77. The monoisotopic (exact) mass is 301 g/mol. The minimum absolute atomic E-state index is 0.0799. The molecule has 4 nitrogen and oxygen atoms in total. The fourth-order valence-corrected chi connectivity index (χ4v) is 1.54. The molecule has 0 saturated carbocycles. The minimum Gasteiger partial charge on any atom is -0.345 e. The van der Waals surface area contributed by atoms with E-state index in [9.17, 15) is 4.79 Å². The van der Waals surface area contributed by atoms with Gasteiger partial charge in [-0.05, 0) is 33.8 Å². The van der Waals surface area contributed by atoms with Gasteiger partial charge in [0.05, 0.1) is 5.69 Å². The van der Waals surface area contributed by atoms with E-state index in [1.807, 2.05) is 40.7 Å². The number of nitrogens with zero attached hydrogens (tertiary/aromatic N) is 2. The molecule has 0 spiro atoms. The Bertz CT molecular complexity index is 410. The lowest BCUT2D eigenvalue weighted by atomic mass is 10.0. The predicted molar refractivity (Wildman–Crippen MR) is 72.6 cm³/mol. The molecule has 0 aliphatic carbocycles. The average molecular weight is 302 g/mol. The number of alkyl halides is 1. The van der Waals surface area contributed by atoms with E-state index in [1.54, 1.807) is 4.68 Å². The lowest BCUT2D eigenvalue weighted by Crippen LogP contribution is -2.49. The van der Waals surface area contributed by atoms with E-state index in [0.717, 1.165) is 5.69 Å². The van der Waals surface area contributed by atoms with Crippen molar-refractivity contribution in [3.05, 3.63) is 17.5 Å². The number of hydrogen-bond donors (Lipinski definition) is 1. The normalized spacial score (nSPS) is 13.5. The number of nitrogens with one attached hydrogen (secondary N) is 1. The van der Waals surface area contributed by atoms with Crippen molar-refractivity contribution in [1.82, 2.24) is 15.1 Å². The maximum Gasteiger partial charge on any atom is 0.270 e. The Balaban J connectivity index is 2.90. The molecule has 1 rings (SSSR count). The predicted octanol–water partition coefficient (Wildman–Crippen LogP) is 2.50. The smallest absolute Gasteiger partial charge is 0.270 e. The summed E-state index contributed by atoms with van der Waals surface area (Å²) >= 11 is 3.50. The van der Waals surface area contributed by atoms with E-state index in [-0.39, 0.29) is 16.3 Å². The maximum atomic E-state index is 12.2. The van der Waals surface area contributed by atoms with Gasteiger partial charge in [0.25, 0.3) is 5.91 Å². The first-order valence-corrected chi connectivity index (χ1v) is 6.70. The molecule has 1 N–H and O–H groups in total. The topological polar surface area (TPSA) is 46.9 Å². The summed E-state index contributed by atoms with van der Waals surface area (Å²) in [7, 11) is 0. The molecular formula is C12H20BrN3O. The number of amides is 1. The molecule has 1 atom stereocenters. The fourth-order valence-electron chi connectivity index (χ4n) is 1.43. The lowest BCUT2D eigenvalue weighted by molar-refractivity contribution is 0.0903. The molecule has 0 bridgehead atoms. The molecule has 0 aliphatic rings. The Morgan fingerprint density at radius 1 is 1.65 bits per heavy atom. The quantitative estimate of drug-likeness (QED) is 0.869. The highest BCUT2D eigenvalue weighted by molar-refractivity contribution is 9.09. The summed E-state index contributed by atoms with van der Waals surface area (Å²) in [6, 6.07) is 1.81. The summed E-state index contributed by atoms with van der Waals surface area (Å²) in [6.45, 7) is 10.6. The second-order valence-electron chi connectivity index (χ2n) is 4.78. The van der Waals surface area contributed by atoms with Crippen molar-refractivity contribution in [3.63, 3.8) is 0 Å². The first kappa shape index (κ1) is 14.2. The van der Waals surface area contributed by atoms with Crippen LogP contribution in [-0.2, 0) is 6.54 Å². The molecule has 96 valence electrons. The van der Waals surface area contributed by atoms with Crippen LogP contribution in [0.1, 0.15) is 43.9 Å². The lowest BCUT2D eigenvalue weighted by Gasteiger charge is -2.29. The highest BCUT2D eigenvalue weighted by atomic mass is 79.9. The van der Waals surface area contributed by atoms with Crippen LogP contribution in [0.25, 0.3) is 0 Å². The summed E-state index contributed by atoms with van der Waals surface area (Å²) in [6.07, 6.45) is 0. The Morgan fingerprint density at radius 3 is 2.71 bits per heavy atom. The highest BCUT2D eigenvalue weighted by Crippen LogP contribution is 2.17. The van der Waals surface area contributed by atoms with Crippen molar-refractivity contribution < 1.29 is 4.79 Å². The van der Waals surface area contributed by atoms with Gasteiger partial charge in [0.15, 0.2) is 0 Å². The summed E-state index contributed by atoms with van der Waals surface area (Å²) in [4.78, 5) is 12.4. The number of rotatable bonds is 4.